The molecule has 0 aromatic heterocycles. The van der Waals surface area contributed by atoms with Gasteiger partial charge in [-0.1, -0.05) is 5.16 Å². The molecule has 9 heteroatoms. The molecule has 6 rings (SSSR count). The second-order valence-electron chi connectivity index (χ2n) is 9.36. The summed E-state index contributed by atoms with van der Waals surface area (Å²) in [6.07, 6.45) is 0.528. The highest BCUT2D eigenvalue weighted by Crippen LogP contribution is 2.62. The van der Waals surface area contributed by atoms with Crippen LogP contribution in [0.5, 0.6) is 17.2 Å². The zero-order valence-corrected chi connectivity index (χ0v) is 19.5. The lowest BCUT2D eigenvalue weighted by Gasteiger charge is -2.29. The third-order valence-electron chi connectivity index (χ3n) is 7.73. The number of hydrogen-bond donors (Lipinski definition) is 0. The monoisotopic (exact) mass is 476 g/mol. The molecule has 0 N–H and O–H groups in total. The molecule has 2 aromatic rings. The molecule has 0 radical (unpaired) electrons. The number of fused-ring (bicyclic) bond motifs is 8. The molecule has 2 bridgehead atoms. The summed E-state index contributed by atoms with van der Waals surface area (Å²) in [5, 5.41) is 4.39. The molecule has 35 heavy (non-hydrogen) atoms. The van der Waals surface area contributed by atoms with E-state index in [9.17, 15) is 14.4 Å². The Morgan fingerprint density at radius 2 is 1.63 bits per heavy atom. The summed E-state index contributed by atoms with van der Waals surface area (Å²) in [5.41, 5.74) is 2.12. The van der Waals surface area contributed by atoms with Crippen LogP contribution in [0.2, 0.25) is 0 Å². The smallest absolute Gasteiger partial charge is 0.308 e. The summed E-state index contributed by atoms with van der Waals surface area (Å²) in [5.74, 6) is -0.253. The van der Waals surface area contributed by atoms with Crippen LogP contribution in [0.15, 0.2) is 47.6 Å². The minimum absolute atomic E-state index is 0.0360. The molecule has 2 aliphatic carbocycles. The topological polar surface area (TPSA) is 104 Å². The summed E-state index contributed by atoms with van der Waals surface area (Å²) < 4.78 is 15.9. The highest BCUT2D eigenvalue weighted by atomic mass is 16.6. The van der Waals surface area contributed by atoms with Gasteiger partial charge in [-0.05, 0) is 54.8 Å². The van der Waals surface area contributed by atoms with Crippen molar-refractivity contribution in [1.82, 2.24) is 0 Å². The Kier molecular flexibility index (Phi) is 4.84. The van der Waals surface area contributed by atoms with Crippen molar-refractivity contribution in [3.05, 3.63) is 48.0 Å². The van der Waals surface area contributed by atoms with Gasteiger partial charge in [-0.15, -0.1) is 0 Å². The molecule has 3 fully saturated rings. The lowest BCUT2D eigenvalue weighted by molar-refractivity contribution is -0.132. The zero-order chi connectivity index (χ0) is 24.4. The van der Waals surface area contributed by atoms with Crippen molar-refractivity contribution in [3.8, 4) is 17.2 Å². The highest BCUT2D eigenvalue weighted by molar-refractivity contribution is 6.23. The van der Waals surface area contributed by atoms with E-state index in [1.165, 1.54) is 11.8 Å². The van der Waals surface area contributed by atoms with Gasteiger partial charge in [0, 0.05) is 24.3 Å². The van der Waals surface area contributed by atoms with Crippen LogP contribution < -0.4 is 19.1 Å². The van der Waals surface area contributed by atoms with Crippen molar-refractivity contribution in [2.75, 3.05) is 19.1 Å². The van der Waals surface area contributed by atoms with Crippen LogP contribution in [0, 0.1) is 29.6 Å². The van der Waals surface area contributed by atoms with E-state index in [0.29, 0.717) is 22.9 Å². The first kappa shape index (κ1) is 21.6. The molecule has 2 heterocycles. The van der Waals surface area contributed by atoms with Crippen LogP contribution in [-0.2, 0) is 19.2 Å². The zero-order valence-electron chi connectivity index (χ0n) is 19.5. The fourth-order valence-corrected chi connectivity index (χ4v) is 6.44. The van der Waals surface area contributed by atoms with Gasteiger partial charge in [-0.2, -0.15) is 0 Å². The summed E-state index contributed by atoms with van der Waals surface area (Å²) in [6, 6.07) is 12.0. The van der Waals surface area contributed by atoms with Crippen molar-refractivity contribution in [3.63, 3.8) is 0 Å². The van der Waals surface area contributed by atoms with E-state index in [2.05, 4.69) is 5.16 Å². The SMILES string of the molecule is COc1ccc(C2=NO[C@@H]3[C@H]4C[C@@H]([C@H]23)[C@@H]2C(=O)N(c3ccc(OC(C)=O)cc3)C(=O)[C@@H]42)cc1OC. The number of esters is 1. The van der Waals surface area contributed by atoms with E-state index < -0.39 is 17.8 Å². The van der Waals surface area contributed by atoms with E-state index in [4.69, 9.17) is 19.0 Å². The third kappa shape index (κ3) is 3.07. The number of nitrogens with zero attached hydrogens (tertiary/aromatic N) is 2. The molecule has 9 nitrogen and oxygen atoms in total. The van der Waals surface area contributed by atoms with Gasteiger partial charge in [0.1, 0.15) is 11.9 Å². The molecule has 6 atom stereocenters. The van der Waals surface area contributed by atoms with Crippen LogP contribution in [0.3, 0.4) is 0 Å². The molecule has 2 saturated carbocycles. The van der Waals surface area contributed by atoms with Gasteiger partial charge < -0.3 is 19.0 Å². The number of imide groups is 1. The number of benzene rings is 2. The Balaban J connectivity index is 1.28. The number of ether oxygens (including phenoxy) is 3. The number of carbonyl (C=O) groups excluding carboxylic acids is 3. The molecule has 4 aliphatic rings. The number of rotatable bonds is 5. The highest BCUT2D eigenvalue weighted by Gasteiger charge is 2.70. The summed E-state index contributed by atoms with van der Waals surface area (Å²) in [6.45, 7) is 1.32. The Bertz CT molecular complexity index is 1270. The Labute approximate surface area is 201 Å². The second-order valence-corrected chi connectivity index (χ2v) is 9.36. The number of oxime groups is 1. The van der Waals surface area contributed by atoms with Gasteiger partial charge in [0.25, 0.3) is 0 Å². The molecule has 2 amide bonds. The minimum Gasteiger partial charge on any atom is -0.493 e. The number of amides is 2. The van der Waals surface area contributed by atoms with Crippen LogP contribution in [0.1, 0.15) is 18.9 Å². The predicted octanol–water partition coefficient (Wildman–Crippen LogP) is 2.80. The first-order valence-corrected chi connectivity index (χ1v) is 11.5. The average Bonchev–Trinajstić information content (AvgIpc) is 3.59. The fraction of sp³-hybridized carbons (Fsp3) is 0.385. The second kappa shape index (κ2) is 7.83. The maximum atomic E-state index is 13.6. The van der Waals surface area contributed by atoms with Gasteiger partial charge in [0.2, 0.25) is 11.8 Å². The van der Waals surface area contributed by atoms with E-state index >= 15 is 0 Å². The van der Waals surface area contributed by atoms with E-state index in [-0.39, 0.29) is 35.7 Å². The van der Waals surface area contributed by atoms with Crippen molar-refractivity contribution < 1.29 is 33.4 Å². The third-order valence-corrected chi connectivity index (χ3v) is 7.73. The largest absolute Gasteiger partial charge is 0.493 e. The van der Waals surface area contributed by atoms with E-state index in [1.807, 2.05) is 18.2 Å². The molecule has 0 unspecified atom stereocenters. The lowest BCUT2D eigenvalue weighted by Crippen LogP contribution is -2.41. The predicted molar refractivity (Wildman–Crippen MR) is 123 cm³/mol. The molecule has 180 valence electrons. The average molecular weight is 476 g/mol. The summed E-state index contributed by atoms with van der Waals surface area (Å²) >= 11 is 0. The normalized spacial score (nSPS) is 30.0. The molecular weight excluding hydrogens is 452 g/mol. The quantitative estimate of drug-likeness (QED) is 0.371. The lowest BCUT2D eigenvalue weighted by atomic mass is 9.71. The van der Waals surface area contributed by atoms with Crippen LogP contribution in [0.25, 0.3) is 0 Å². The van der Waals surface area contributed by atoms with E-state index in [1.54, 1.807) is 38.5 Å². The van der Waals surface area contributed by atoms with Crippen LogP contribution in [-0.4, -0.2) is 43.8 Å². The molecular formula is C26H24N2O7. The standard InChI is InChI=1S/C26H24N2O7/c1-12(29)34-15-7-5-14(6-8-15)28-25(30)20-16-11-17(21(20)26(28)31)24-22(16)23(27-35-24)13-4-9-18(32-2)19(10-13)33-3/h4-10,16-17,20-22,24H,11H2,1-3H3/t16-,17+,20+,21+,22-,24-/m1/s1. The maximum Gasteiger partial charge on any atom is 0.308 e. The van der Waals surface area contributed by atoms with Crippen LogP contribution in [0.4, 0.5) is 5.69 Å². The van der Waals surface area contributed by atoms with Crippen molar-refractivity contribution >= 4 is 29.2 Å². The number of carbonyl (C=O) groups is 3. The molecule has 2 aliphatic heterocycles. The number of hydrogen-bond acceptors (Lipinski definition) is 8. The van der Waals surface area contributed by atoms with Crippen molar-refractivity contribution in [2.24, 2.45) is 34.7 Å². The van der Waals surface area contributed by atoms with Crippen molar-refractivity contribution in [1.29, 1.82) is 0 Å². The van der Waals surface area contributed by atoms with Gasteiger partial charge in [-0.3, -0.25) is 19.3 Å². The van der Waals surface area contributed by atoms with Crippen molar-refractivity contribution in [2.45, 2.75) is 19.4 Å². The molecule has 0 spiro atoms. The van der Waals surface area contributed by atoms with Gasteiger partial charge >= 0.3 is 5.97 Å². The minimum atomic E-state index is -0.435. The molecule has 1 saturated heterocycles. The first-order chi connectivity index (χ1) is 16.9. The van der Waals surface area contributed by atoms with Gasteiger partial charge in [0.15, 0.2) is 11.5 Å². The molecule has 2 aromatic carbocycles. The van der Waals surface area contributed by atoms with E-state index in [0.717, 1.165) is 17.7 Å². The van der Waals surface area contributed by atoms with Gasteiger partial charge in [0.05, 0.1) is 37.5 Å². The number of methoxy groups -OCH3 is 2. The fourth-order valence-electron chi connectivity index (χ4n) is 6.44. The Morgan fingerprint density at radius 1 is 0.943 bits per heavy atom. The first-order valence-electron chi connectivity index (χ1n) is 11.5. The summed E-state index contributed by atoms with van der Waals surface area (Å²) in [7, 11) is 3.16. The van der Waals surface area contributed by atoms with Gasteiger partial charge in [-0.25, -0.2) is 0 Å². The maximum absolute atomic E-state index is 13.6. The Hall–Kier alpha value is -3.88. The summed E-state index contributed by atoms with van der Waals surface area (Å²) in [4.78, 5) is 45.4. The number of anilines is 1. The Morgan fingerprint density at radius 3 is 2.29 bits per heavy atom. The van der Waals surface area contributed by atoms with Crippen LogP contribution >= 0.6 is 0 Å².